The largest absolute Gasteiger partial charge is 0.481 e. The molecule has 0 unspecified atom stereocenters. The van der Waals surface area contributed by atoms with Crippen LogP contribution in [0.1, 0.15) is 32.6 Å². The van der Waals surface area contributed by atoms with Gasteiger partial charge in [0.25, 0.3) is 0 Å². The Morgan fingerprint density at radius 1 is 1.00 bits per heavy atom. The zero-order valence-electron chi connectivity index (χ0n) is 14.8. The van der Waals surface area contributed by atoms with E-state index >= 15 is 0 Å². The summed E-state index contributed by atoms with van der Waals surface area (Å²) in [6.45, 7) is 1.86. The smallest absolute Gasteiger partial charge is 0.303 e. The van der Waals surface area contributed by atoms with Gasteiger partial charge in [-0.3, -0.25) is 14.4 Å². The summed E-state index contributed by atoms with van der Waals surface area (Å²) in [5.74, 6) is -0.746. The summed E-state index contributed by atoms with van der Waals surface area (Å²) in [6.07, 6.45) is 6.94. The van der Waals surface area contributed by atoms with Gasteiger partial charge in [-0.1, -0.05) is 12.2 Å². The Labute approximate surface area is 152 Å². The van der Waals surface area contributed by atoms with E-state index in [2.05, 4.69) is 16.7 Å². The molecule has 3 N–H and O–H groups in total. The van der Waals surface area contributed by atoms with Crippen molar-refractivity contribution >= 4 is 17.8 Å². The van der Waals surface area contributed by atoms with Crippen molar-refractivity contribution in [1.82, 2.24) is 10.6 Å². The summed E-state index contributed by atoms with van der Waals surface area (Å²) < 4.78 is 11.7. The number of aliphatic carboxylic acids is 1. The van der Waals surface area contributed by atoms with E-state index in [0.29, 0.717) is 13.0 Å². The minimum atomic E-state index is -0.771. The van der Waals surface area contributed by atoms with Gasteiger partial charge in [0, 0.05) is 25.8 Å². The van der Waals surface area contributed by atoms with Gasteiger partial charge in [0.1, 0.15) is 12.2 Å². The molecule has 3 saturated heterocycles. The lowest BCUT2D eigenvalue weighted by Crippen LogP contribution is -2.43. The summed E-state index contributed by atoms with van der Waals surface area (Å²) in [6, 6.07) is 0. The van der Waals surface area contributed by atoms with Crippen molar-refractivity contribution in [3.05, 3.63) is 12.2 Å². The van der Waals surface area contributed by atoms with Crippen molar-refractivity contribution in [3.63, 3.8) is 0 Å². The molecule has 0 saturated carbocycles. The molecule has 3 rings (SSSR count). The molecule has 2 amide bonds. The highest BCUT2D eigenvalue weighted by Crippen LogP contribution is 2.54. The monoisotopic (exact) mass is 366 g/mol. The Bertz CT molecular complexity index is 592. The number of carbonyl (C=O) groups is 3. The molecule has 3 aliphatic heterocycles. The molecule has 3 heterocycles. The Morgan fingerprint density at radius 3 is 2.38 bits per heavy atom. The first-order valence-corrected chi connectivity index (χ1v) is 9.16. The number of nitrogens with one attached hydrogen (secondary N) is 2. The quantitative estimate of drug-likeness (QED) is 0.289. The number of rotatable bonds is 10. The van der Waals surface area contributed by atoms with Crippen LogP contribution in [0.5, 0.6) is 0 Å². The van der Waals surface area contributed by atoms with Crippen LogP contribution in [0.15, 0.2) is 12.2 Å². The maximum absolute atomic E-state index is 11.8. The van der Waals surface area contributed by atoms with E-state index in [4.69, 9.17) is 14.6 Å². The summed E-state index contributed by atoms with van der Waals surface area (Å²) in [4.78, 5) is 33.2. The van der Waals surface area contributed by atoms with E-state index in [-0.39, 0.29) is 61.0 Å². The van der Waals surface area contributed by atoms with Crippen LogP contribution >= 0.6 is 0 Å². The lowest BCUT2D eigenvalue weighted by atomic mass is 9.77. The molecule has 0 radical (unpaired) electrons. The van der Waals surface area contributed by atoms with Crippen LogP contribution in [-0.2, 0) is 23.9 Å². The molecule has 6 atom stereocenters. The normalized spacial score (nSPS) is 33.9. The molecule has 26 heavy (non-hydrogen) atoms. The van der Waals surface area contributed by atoms with E-state index in [0.717, 1.165) is 12.8 Å². The average molecular weight is 366 g/mol. The van der Waals surface area contributed by atoms with Gasteiger partial charge in [0.05, 0.1) is 18.8 Å². The number of amides is 2. The highest BCUT2D eigenvalue weighted by molar-refractivity contribution is 5.83. The third-order valence-corrected chi connectivity index (χ3v) is 5.29. The first-order valence-electron chi connectivity index (χ1n) is 9.16. The number of unbranched alkanes of at least 4 members (excludes halogenated alkanes) is 1. The fourth-order valence-electron chi connectivity index (χ4n) is 4.00. The molecule has 8 heteroatoms. The van der Waals surface area contributed by atoms with Crippen LogP contribution in [-0.4, -0.2) is 60.4 Å². The number of fused-ring (bicyclic) bond motifs is 5. The number of carbonyl (C=O) groups excluding carboxylic acids is 2. The minimum Gasteiger partial charge on any atom is -0.481 e. The molecule has 3 aliphatic rings. The maximum atomic E-state index is 11.8. The molecule has 144 valence electrons. The molecular weight excluding hydrogens is 340 g/mol. The van der Waals surface area contributed by atoms with Crippen molar-refractivity contribution in [2.45, 2.75) is 57.0 Å². The Hall–Kier alpha value is -1.93. The van der Waals surface area contributed by atoms with Gasteiger partial charge in [-0.15, -0.1) is 0 Å². The summed E-state index contributed by atoms with van der Waals surface area (Å²) in [5, 5.41) is 14.0. The van der Waals surface area contributed by atoms with Crippen molar-refractivity contribution in [1.29, 1.82) is 0 Å². The number of allylic oxidation sites excluding steroid dienone is 2. The first kappa shape index (κ1) is 18.8. The van der Waals surface area contributed by atoms with Crippen LogP contribution in [0, 0.1) is 11.8 Å². The molecule has 3 fully saturated rings. The van der Waals surface area contributed by atoms with Gasteiger partial charge in [0.2, 0.25) is 11.8 Å². The van der Waals surface area contributed by atoms with Crippen LogP contribution in [0.2, 0.25) is 0 Å². The van der Waals surface area contributed by atoms with E-state index in [1.807, 2.05) is 6.08 Å². The Kier molecular flexibility index (Phi) is 5.93. The van der Waals surface area contributed by atoms with Gasteiger partial charge < -0.3 is 25.2 Å². The summed E-state index contributed by atoms with van der Waals surface area (Å²) in [7, 11) is 0. The molecule has 8 nitrogen and oxygen atoms in total. The highest BCUT2D eigenvalue weighted by Gasteiger charge is 2.68. The molecule has 0 aromatic heterocycles. The molecule has 0 spiro atoms. The number of carboxylic acids is 1. The van der Waals surface area contributed by atoms with Crippen molar-refractivity contribution < 1.29 is 29.0 Å². The van der Waals surface area contributed by atoms with Crippen LogP contribution in [0.25, 0.3) is 0 Å². The number of hydrogen-bond donors (Lipinski definition) is 3. The van der Waals surface area contributed by atoms with E-state index in [1.54, 1.807) is 0 Å². The predicted molar refractivity (Wildman–Crippen MR) is 91.2 cm³/mol. The topological polar surface area (TPSA) is 117 Å². The van der Waals surface area contributed by atoms with Gasteiger partial charge >= 0.3 is 5.97 Å². The first-order chi connectivity index (χ1) is 12.5. The van der Waals surface area contributed by atoms with Crippen LogP contribution < -0.4 is 10.6 Å². The maximum Gasteiger partial charge on any atom is 0.303 e. The molecular formula is C18H26N2O6. The molecule has 2 bridgehead atoms. The van der Waals surface area contributed by atoms with E-state index in [1.165, 1.54) is 6.92 Å². The number of ether oxygens (including phenoxy) is 2. The zero-order chi connectivity index (χ0) is 18.7. The number of carboxylic acid groups (broad SMARTS) is 1. The lowest BCUT2D eigenvalue weighted by Gasteiger charge is -2.25. The molecule has 0 aromatic rings. The SMILES string of the molecule is CC(=O)NCC(=O)NC[C@@H]1[C@H](C/C=C\CCCC(=O)O)[C@H]2O[C@@H]1[C@H]1O[C@H]12. The van der Waals surface area contributed by atoms with Crippen molar-refractivity contribution in [3.8, 4) is 0 Å². The third kappa shape index (κ3) is 4.42. The number of epoxide rings is 1. The average Bonchev–Trinajstić information content (AvgIpc) is 3.21. The minimum absolute atomic E-state index is 0.0201. The molecule has 0 aliphatic carbocycles. The van der Waals surface area contributed by atoms with Gasteiger partial charge in [-0.05, 0) is 25.2 Å². The highest BCUT2D eigenvalue weighted by atomic mass is 16.7. The summed E-state index contributed by atoms with van der Waals surface area (Å²) in [5.41, 5.74) is 0. The second-order valence-electron chi connectivity index (χ2n) is 7.17. The fourth-order valence-corrected chi connectivity index (χ4v) is 4.00. The van der Waals surface area contributed by atoms with Crippen molar-refractivity contribution in [2.75, 3.05) is 13.1 Å². The van der Waals surface area contributed by atoms with Gasteiger partial charge in [0.15, 0.2) is 0 Å². The van der Waals surface area contributed by atoms with Crippen LogP contribution in [0.3, 0.4) is 0 Å². The predicted octanol–water partition coefficient (Wildman–Crippen LogP) is 0.221. The molecule has 0 aromatic carbocycles. The fraction of sp³-hybridized carbons (Fsp3) is 0.722. The zero-order valence-corrected chi connectivity index (χ0v) is 14.8. The second-order valence-corrected chi connectivity index (χ2v) is 7.17. The van der Waals surface area contributed by atoms with Crippen LogP contribution in [0.4, 0.5) is 0 Å². The van der Waals surface area contributed by atoms with E-state index in [9.17, 15) is 14.4 Å². The van der Waals surface area contributed by atoms with E-state index < -0.39 is 5.97 Å². The van der Waals surface area contributed by atoms with Gasteiger partial charge in [-0.2, -0.15) is 0 Å². The number of hydrogen-bond acceptors (Lipinski definition) is 5. The summed E-state index contributed by atoms with van der Waals surface area (Å²) >= 11 is 0. The van der Waals surface area contributed by atoms with Crippen molar-refractivity contribution in [2.24, 2.45) is 11.8 Å². The third-order valence-electron chi connectivity index (χ3n) is 5.29. The Morgan fingerprint density at radius 2 is 1.69 bits per heavy atom. The second kappa shape index (κ2) is 8.18. The standard InChI is InChI=1S/C18H26N2O6/c1-10(21)19-9-13(22)20-8-12-11(6-4-2-3-5-7-14(23)24)15-17-18(26-17)16(12)25-15/h2,4,11-12,15-18H,3,5-9H2,1H3,(H,19,21)(H,20,22)(H,23,24)/b4-2-/t11-,12+,15+,16-,17-,18+/m0/s1. The lowest BCUT2D eigenvalue weighted by molar-refractivity contribution is -0.137. The Balaban J connectivity index is 1.46. The van der Waals surface area contributed by atoms with Gasteiger partial charge in [-0.25, -0.2) is 0 Å².